The van der Waals surface area contributed by atoms with Gasteiger partial charge < -0.3 is 19.5 Å². The minimum absolute atomic E-state index is 0.0214. The second kappa shape index (κ2) is 8.19. The molecule has 2 saturated heterocycles. The summed E-state index contributed by atoms with van der Waals surface area (Å²) in [6.45, 7) is 5.16. The van der Waals surface area contributed by atoms with Crippen LogP contribution in [0.1, 0.15) is 24.0 Å². The Hall–Kier alpha value is -2.60. The molecule has 1 aromatic heterocycles. The van der Waals surface area contributed by atoms with Gasteiger partial charge in [0.2, 0.25) is 0 Å². The van der Waals surface area contributed by atoms with E-state index in [0.29, 0.717) is 12.0 Å². The number of nitrogens with one attached hydrogen (secondary N) is 1. The van der Waals surface area contributed by atoms with Crippen LogP contribution in [0.5, 0.6) is 0 Å². The molecule has 28 heavy (non-hydrogen) atoms. The fourth-order valence-electron chi connectivity index (χ4n) is 4.15. The number of nitrogens with zero attached hydrogens (tertiary/aromatic N) is 3. The van der Waals surface area contributed by atoms with Crippen LogP contribution < -0.4 is 10.9 Å². The van der Waals surface area contributed by atoms with Crippen LogP contribution in [0.4, 0.5) is 0 Å². The summed E-state index contributed by atoms with van der Waals surface area (Å²) in [6.07, 6.45) is 4.16. The highest BCUT2D eigenvalue weighted by atomic mass is 16.5. The van der Waals surface area contributed by atoms with E-state index in [-0.39, 0.29) is 5.56 Å². The van der Waals surface area contributed by atoms with Gasteiger partial charge >= 0.3 is 0 Å². The molecule has 1 unspecified atom stereocenters. The Morgan fingerprint density at radius 3 is 2.71 bits per heavy atom. The summed E-state index contributed by atoms with van der Waals surface area (Å²) < 4.78 is 7.34. The summed E-state index contributed by atoms with van der Waals surface area (Å²) in [4.78, 5) is 18.7. The topological polar surface area (TPSA) is 58.9 Å². The maximum absolute atomic E-state index is 11.8. The number of benzene rings is 1. The fourth-order valence-corrected chi connectivity index (χ4v) is 4.15. The lowest BCUT2D eigenvalue weighted by atomic mass is 9.87. The number of hydrogen-bond donors (Lipinski definition) is 1. The van der Waals surface area contributed by atoms with E-state index >= 15 is 0 Å². The van der Waals surface area contributed by atoms with Gasteiger partial charge in [-0.05, 0) is 30.0 Å². The smallest absolute Gasteiger partial charge is 0.250 e. The first-order valence-electron chi connectivity index (χ1n) is 9.94. The summed E-state index contributed by atoms with van der Waals surface area (Å²) in [5.41, 5.74) is 2.66. The molecule has 0 amide bonds. The molecule has 1 N–H and O–H groups in total. The number of pyridine rings is 1. The van der Waals surface area contributed by atoms with Gasteiger partial charge in [0.15, 0.2) is 5.96 Å². The van der Waals surface area contributed by atoms with Gasteiger partial charge in [-0.2, -0.15) is 0 Å². The Kier molecular flexibility index (Phi) is 5.48. The Balaban J connectivity index is 1.33. The lowest BCUT2D eigenvalue weighted by molar-refractivity contribution is 0.156. The summed E-state index contributed by atoms with van der Waals surface area (Å²) in [5, 5.41) is 3.49. The van der Waals surface area contributed by atoms with Crippen molar-refractivity contribution in [3.05, 3.63) is 70.1 Å². The lowest BCUT2D eigenvalue weighted by Gasteiger charge is -2.25. The molecule has 1 atom stereocenters. The molecule has 2 fully saturated rings. The highest BCUT2D eigenvalue weighted by Crippen LogP contribution is 2.38. The second-order valence-corrected chi connectivity index (χ2v) is 7.86. The van der Waals surface area contributed by atoms with E-state index in [9.17, 15) is 4.79 Å². The molecular formula is C22H28N4O2. The van der Waals surface area contributed by atoms with Crippen molar-refractivity contribution >= 4 is 5.96 Å². The van der Waals surface area contributed by atoms with Crippen LogP contribution in [0.3, 0.4) is 0 Å². The molecule has 4 rings (SSSR count). The second-order valence-electron chi connectivity index (χ2n) is 7.86. The molecule has 2 aromatic rings. The van der Waals surface area contributed by atoms with Gasteiger partial charge in [0.05, 0.1) is 13.2 Å². The first kappa shape index (κ1) is 18.7. The third-order valence-corrected chi connectivity index (χ3v) is 5.86. The molecule has 0 saturated carbocycles. The highest BCUT2D eigenvalue weighted by molar-refractivity contribution is 5.80. The van der Waals surface area contributed by atoms with Crippen LogP contribution in [0.15, 0.2) is 58.4 Å². The summed E-state index contributed by atoms with van der Waals surface area (Å²) in [6, 6.07) is 13.6. The van der Waals surface area contributed by atoms with Crippen molar-refractivity contribution in [3.8, 4) is 0 Å². The molecular weight excluding hydrogens is 352 g/mol. The monoisotopic (exact) mass is 380 g/mol. The average Bonchev–Trinajstić information content (AvgIpc) is 3.35. The Labute approximate surface area is 165 Å². The van der Waals surface area contributed by atoms with E-state index in [0.717, 1.165) is 50.8 Å². The average molecular weight is 380 g/mol. The number of aliphatic imine (C=N–C) groups is 1. The number of hydrogen-bond acceptors (Lipinski definition) is 3. The maximum atomic E-state index is 11.8. The van der Waals surface area contributed by atoms with Crippen LogP contribution >= 0.6 is 0 Å². The molecule has 6 heteroatoms. The molecule has 0 bridgehead atoms. The number of rotatable bonds is 4. The number of aromatic nitrogens is 1. The zero-order valence-electron chi connectivity index (χ0n) is 16.4. The molecule has 0 aliphatic carbocycles. The van der Waals surface area contributed by atoms with E-state index in [2.05, 4.69) is 39.5 Å². The van der Waals surface area contributed by atoms with Gasteiger partial charge in [-0.15, -0.1) is 0 Å². The van der Waals surface area contributed by atoms with Gasteiger partial charge in [-0.1, -0.05) is 30.3 Å². The zero-order chi connectivity index (χ0) is 19.4. The van der Waals surface area contributed by atoms with Gasteiger partial charge in [0.1, 0.15) is 0 Å². The summed E-state index contributed by atoms with van der Waals surface area (Å²) in [5.74, 6) is 0.962. The van der Waals surface area contributed by atoms with E-state index in [1.165, 1.54) is 12.0 Å². The minimum Gasteiger partial charge on any atom is -0.381 e. The van der Waals surface area contributed by atoms with E-state index in [1.54, 1.807) is 16.7 Å². The van der Waals surface area contributed by atoms with Crippen LogP contribution in [0.2, 0.25) is 0 Å². The van der Waals surface area contributed by atoms with Crippen molar-refractivity contribution in [3.63, 3.8) is 0 Å². The van der Waals surface area contributed by atoms with E-state index in [4.69, 9.17) is 4.74 Å². The molecule has 2 aliphatic rings. The molecule has 3 heterocycles. The third kappa shape index (κ3) is 4.12. The number of ether oxygens (including phenoxy) is 1. The first-order valence-corrected chi connectivity index (χ1v) is 9.94. The SMILES string of the molecule is CN=C(NCc1ccc(Cn2ccccc2=O)cc1)N1CCC2(CCOC2)C1. The van der Waals surface area contributed by atoms with Crippen LogP contribution in [0, 0.1) is 5.41 Å². The van der Waals surface area contributed by atoms with Gasteiger partial charge in [0.25, 0.3) is 5.56 Å². The fraction of sp³-hybridized carbons (Fsp3) is 0.455. The molecule has 1 aromatic carbocycles. The largest absolute Gasteiger partial charge is 0.381 e. The predicted molar refractivity (Wildman–Crippen MR) is 111 cm³/mol. The molecule has 0 radical (unpaired) electrons. The predicted octanol–water partition coefficient (Wildman–Crippen LogP) is 2.08. The first-order chi connectivity index (χ1) is 13.7. The van der Waals surface area contributed by atoms with Crippen molar-refractivity contribution in [1.82, 2.24) is 14.8 Å². The van der Waals surface area contributed by atoms with E-state index in [1.807, 2.05) is 19.3 Å². The number of guanidine groups is 1. The minimum atomic E-state index is 0.0214. The quantitative estimate of drug-likeness (QED) is 0.652. The molecule has 2 aliphatic heterocycles. The molecule has 6 nitrogen and oxygen atoms in total. The molecule has 1 spiro atoms. The summed E-state index contributed by atoms with van der Waals surface area (Å²) >= 11 is 0. The lowest BCUT2D eigenvalue weighted by Crippen LogP contribution is -2.41. The van der Waals surface area contributed by atoms with Crippen LogP contribution in [-0.4, -0.2) is 48.8 Å². The Bertz CT molecular complexity index is 882. The Morgan fingerprint density at radius 2 is 2.00 bits per heavy atom. The van der Waals surface area contributed by atoms with Gasteiger partial charge in [-0.3, -0.25) is 9.79 Å². The van der Waals surface area contributed by atoms with Crippen LogP contribution in [-0.2, 0) is 17.8 Å². The normalized spacial score (nSPS) is 22.2. The standard InChI is InChI=1S/C22H28N4O2/c1-23-21(26-12-9-22(16-26)10-13-28-17-22)24-14-18-5-7-19(8-6-18)15-25-11-3-2-4-20(25)27/h2-8,11H,9-10,12-17H2,1H3,(H,23,24). The van der Waals surface area contributed by atoms with Gasteiger partial charge in [0, 0.05) is 51.0 Å². The van der Waals surface area contributed by atoms with Gasteiger partial charge in [-0.25, -0.2) is 0 Å². The van der Waals surface area contributed by atoms with Crippen molar-refractivity contribution in [2.24, 2.45) is 10.4 Å². The van der Waals surface area contributed by atoms with Crippen molar-refractivity contribution < 1.29 is 4.74 Å². The maximum Gasteiger partial charge on any atom is 0.250 e. The highest BCUT2D eigenvalue weighted by Gasteiger charge is 2.42. The number of likely N-dealkylation sites (tertiary alicyclic amines) is 1. The Morgan fingerprint density at radius 1 is 1.18 bits per heavy atom. The van der Waals surface area contributed by atoms with Crippen molar-refractivity contribution in [2.45, 2.75) is 25.9 Å². The van der Waals surface area contributed by atoms with Crippen molar-refractivity contribution in [2.75, 3.05) is 33.4 Å². The summed E-state index contributed by atoms with van der Waals surface area (Å²) in [7, 11) is 1.85. The van der Waals surface area contributed by atoms with E-state index < -0.39 is 0 Å². The zero-order valence-corrected chi connectivity index (χ0v) is 16.4. The van der Waals surface area contributed by atoms with Crippen molar-refractivity contribution in [1.29, 1.82) is 0 Å². The third-order valence-electron chi connectivity index (χ3n) is 5.86. The molecule has 148 valence electrons. The van der Waals surface area contributed by atoms with Crippen LogP contribution in [0.25, 0.3) is 0 Å².